The van der Waals surface area contributed by atoms with Crippen LogP contribution in [0.2, 0.25) is 0 Å². The van der Waals surface area contributed by atoms with Gasteiger partial charge in [0.15, 0.2) is 5.69 Å². The first kappa shape index (κ1) is 20.1. The van der Waals surface area contributed by atoms with Crippen LogP contribution >= 0.6 is 0 Å². The standard InChI is InChI=1S/C20H17F3N4O2/c1-13(28)26-15-9-7-14(8-10-15)11-24-19(29)17-12-25-27(18(17)20(21,22)23)16-5-3-2-4-6-16/h2-10,12H,11H2,1H3,(H,24,29)(H,26,28). The van der Waals surface area contributed by atoms with Gasteiger partial charge in [0.2, 0.25) is 5.91 Å². The minimum Gasteiger partial charge on any atom is -0.348 e. The van der Waals surface area contributed by atoms with Gasteiger partial charge in [-0.25, -0.2) is 4.68 Å². The van der Waals surface area contributed by atoms with E-state index < -0.39 is 23.3 Å². The molecule has 6 nitrogen and oxygen atoms in total. The van der Waals surface area contributed by atoms with Crippen LogP contribution in [0.15, 0.2) is 60.8 Å². The number of carbonyl (C=O) groups excluding carboxylic acids is 2. The normalized spacial score (nSPS) is 11.2. The van der Waals surface area contributed by atoms with Gasteiger partial charge in [-0.15, -0.1) is 0 Å². The molecule has 9 heteroatoms. The Labute approximate surface area is 164 Å². The molecule has 3 rings (SSSR count). The van der Waals surface area contributed by atoms with E-state index in [1.165, 1.54) is 19.1 Å². The minimum atomic E-state index is -4.76. The summed E-state index contributed by atoms with van der Waals surface area (Å²) in [5.74, 6) is -1.10. The number of hydrogen-bond donors (Lipinski definition) is 2. The average molecular weight is 402 g/mol. The van der Waals surface area contributed by atoms with E-state index in [1.54, 1.807) is 42.5 Å². The van der Waals surface area contributed by atoms with Gasteiger partial charge in [-0.2, -0.15) is 18.3 Å². The Morgan fingerprint density at radius 1 is 1.03 bits per heavy atom. The van der Waals surface area contributed by atoms with E-state index in [1.807, 2.05) is 0 Å². The molecule has 0 spiro atoms. The van der Waals surface area contributed by atoms with E-state index in [-0.39, 0.29) is 18.1 Å². The molecule has 0 aliphatic carbocycles. The zero-order chi connectivity index (χ0) is 21.0. The summed E-state index contributed by atoms with van der Waals surface area (Å²) in [7, 11) is 0. The molecule has 0 bridgehead atoms. The van der Waals surface area contributed by atoms with Crippen LogP contribution in [-0.2, 0) is 17.5 Å². The fourth-order valence-corrected chi connectivity index (χ4v) is 2.74. The molecule has 3 aromatic rings. The smallest absolute Gasteiger partial charge is 0.348 e. The van der Waals surface area contributed by atoms with Crippen LogP contribution in [0, 0.1) is 0 Å². The van der Waals surface area contributed by atoms with Crippen LogP contribution in [0.1, 0.15) is 28.5 Å². The van der Waals surface area contributed by atoms with Gasteiger partial charge in [-0.3, -0.25) is 9.59 Å². The third-order valence-corrected chi connectivity index (χ3v) is 4.01. The summed E-state index contributed by atoms with van der Waals surface area (Å²) in [4.78, 5) is 23.4. The first-order chi connectivity index (χ1) is 13.8. The third kappa shape index (κ3) is 4.81. The predicted octanol–water partition coefficient (Wildman–Crippen LogP) is 3.78. The number of nitrogens with zero attached hydrogens (tertiary/aromatic N) is 2. The first-order valence-electron chi connectivity index (χ1n) is 8.61. The molecule has 0 atom stereocenters. The van der Waals surface area contributed by atoms with Crippen molar-refractivity contribution in [2.45, 2.75) is 19.6 Å². The molecule has 2 amide bonds. The van der Waals surface area contributed by atoms with Gasteiger partial charge in [-0.1, -0.05) is 30.3 Å². The van der Waals surface area contributed by atoms with Crippen molar-refractivity contribution in [1.82, 2.24) is 15.1 Å². The summed E-state index contributed by atoms with van der Waals surface area (Å²) in [6, 6.07) is 14.4. The lowest BCUT2D eigenvalue weighted by atomic mass is 10.2. The first-order valence-corrected chi connectivity index (χ1v) is 8.61. The highest BCUT2D eigenvalue weighted by molar-refractivity contribution is 5.95. The average Bonchev–Trinajstić information content (AvgIpc) is 3.13. The molecule has 2 N–H and O–H groups in total. The fraction of sp³-hybridized carbons (Fsp3) is 0.150. The summed E-state index contributed by atoms with van der Waals surface area (Å²) < 4.78 is 41.6. The topological polar surface area (TPSA) is 76.0 Å². The highest BCUT2D eigenvalue weighted by Gasteiger charge is 2.40. The van der Waals surface area contributed by atoms with Crippen molar-refractivity contribution in [2.75, 3.05) is 5.32 Å². The number of rotatable bonds is 5. The van der Waals surface area contributed by atoms with Crippen molar-refractivity contribution in [3.05, 3.63) is 77.6 Å². The molecule has 0 aliphatic rings. The Balaban J connectivity index is 1.79. The Morgan fingerprint density at radius 3 is 2.28 bits per heavy atom. The Hall–Kier alpha value is -3.62. The van der Waals surface area contributed by atoms with E-state index in [2.05, 4.69) is 15.7 Å². The highest BCUT2D eigenvalue weighted by atomic mass is 19.4. The number of aromatic nitrogens is 2. The molecule has 0 aliphatic heterocycles. The maximum atomic E-state index is 13.6. The molecule has 1 aromatic heterocycles. The molecule has 0 unspecified atom stereocenters. The number of para-hydroxylation sites is 1. The van der Waals surface area contributed by atoms with Crippen LogP contribution in [0.4, 0.5) is 18.9 Å². The SMILES string of the molecule is CC(=O)Nc1ccc(CNC(=O)c2cnn(-c3ccccc3)c2C(F)(F)F)cc1. The summed E-state index contributed by atoms with van der Waals surface area (Å²) in [6.07, 6.45) is -3.86. The Bertz CT molecular complexity index is 1010. The number of alkyl halides is 3. The molecule has 2 aromatic carbocycles. The number of benzene rings is 2. The highest BCUT2D eigenvalue weighted by Crippen LogP contribution is 2.33. The second-order valence-electron chi connectivity index (χ2n) is 6.21. The van der Waals surface area contributed by atoms with Crippen molar-refractivity contribution in [2.24, 2.45) is 0 Å². The fourth-order valence-electron chi connectivity index (χ4n) is 2.74. The third-order valence-electron chi connectivity index (χ3n) is 4.01. The Morgan fingerprint density at radius 2 is 1.69 bits per heavy atom. The minimum absolute atomic E-state index is 0.0208. The summed E-state index contributed by atoms with van der Waals surface area (Å²) in [6.45, 7) is 1.40. The van der Waals surface area contributed by atoms with Crippen LogP contribution in [0.25, 0.3) is 5.69 Å². The molecule has 0 radical (unpaired) electrons. The maximum Gasteiger partial charge on any atom is 0.434 e. The zero-order valence-electron chi connectivity index (χ0n) is 15.3. The number of hydrogen-bond acceptors (Lipinski definition) is 3. The van der Waals surface area contributed by atoms with Crippen molar-refractivity contribution in [3.63, 3.8) is 0 Å². The number of halogens is 3. The maximum absolute atomic E-state index is 13.6. The van der Waals surface area contributed by atoms with E-state index in [0.717, 1.165) is 6.20 Å². The lowest BCUT2D eigenvalue weighted by Gasteiger charge is -2.13. The van der Waals surface area contributed by atoms with Crippen LogP contribution in [-0.4, -0.2) is 21.6 Å². The molecule has 0 saturated heterocycles. The predicted molar refractivity (Wildman–Crippen MR) is 100 cm³/mol. The van der Waals surface area contributed by atoms with E-state index in [0.29, 0.717) is 15.9 Å². The summed E-state index contributed by atoms with van der Waals surface area (Å²) in [5.41, 5.74) is -0.251. The molecule has 0 fully saturated rings. The molecule has 1 heterocycles. The molecule has 150 valence electrons. The number of nitrogens with one attached hydrogen (secondary N) is 2. The summed E-state index contributed by atoms with van der Waals surface area (Å²) >= 11 is 0. The van der Waals surface area contributed by atoms with Gasteiger partial charge in [-0.05, 0) is 29.8 Å². The largest absolute Gasteiger partial charge is 0.434 e. The number of anilines is 1. The number of amides is 2. The zero-order valence-corrected chi connectivity index (χ0v) is 15.3. The van der Waals surface area contributed by atoms with Gasteiger partial charge in [0.25, 0.3) is 5.91 Å². The van der Waals surface area contributed by atoms with Crippen LogP contribution in [0.3, 0.4) is 0 Å². The van der Waals surface area contributed by atoms with E-state index >= 15 is 0 Å². The van der Waals surface area contributed by atoms with Crippen LogP contribution in [0.5, 0.6) is 0 Å². The van der Waals surface area contributed by atoms with E-state index in [4.69, 9.17) is 0 Å². The second kappa shape index (κ2) is 8.17. The van der Waals surface area contributed by atoms with Gasteiger partial charge in [0.1, 0.15) is 0 Å². The molecular formula is C20H17F3N4O2. The Kier molecular flexibility index (Phi) is 5.67. The lowest BCUT2D eigenvalue weighted by molar-refractivity contribution is -0.143. The second-order valence-corrected chi connectivity index (χ2v) is 6.21. The van der Waals surface area contributed by atoms with Gasteiger partial charge < -0.3 is 10.6 Å². The van der Waals surface area contributed by atoms with E-state index in [9.17, 15) is 22.8 Å². The van der Waals surface area contributed by atoms with Crippen molar-refractivity contribution in [1.29, 1.82) is 0 Å². The van der Waals surface area contributed by atoms with Gasteiger partial charge >= 0.3 is 6.18 Å². The number of carbonyl (C=O) groups is 2. The molecule has 29 heavy (non-hydrogen) atoms. The molecular weight excluding hydrogens is 385 g/mol. The monoisotopic (exact) mass is 402 g/mol. The quantitative estimate of drug-likeness (QED) is 0.682. The van der Waals surface area contributed by atoms with Crippen LogP contribution < -0.4 is 10.6 Å². The van der Waals surface area contributed by atoms with Crippen molar-refractivity contribution < 1.29 is 22.8 Å². The van der Waals surface area contributed by atoms with Crippen molar-refractivity contribution >= 4 is 17.5 Å². The van der Waals surface area contributed by atoms with Gasteiger partial charge in [0, 0.05) is 19.2 Å². The summed E-state index contributed by atoms with van der Waals surface area (Å²) in [5, 5.41) is 8.84. The molecule has 0 saturated carbocycles. The lowest BCUT2D eigenvalue weighted by Crippen LogP contribution is -2.26. The van der Waals surface area contributed by atoms with Gasteiger partial charge in [0.05, 0.1) is 17.4 Å². The van der Waals surface area contributed by atoms with Crippen molar-refractivity contribution in [3.8, 4) is 5.69 Å².